The van der Waals surface area contributed by atoms with E-state index in [1.807, 2.05) is 0 Å². The van der Waals surface area contributed by atoms with Crippen molar-refractivity contribution in [1.29, 1.82) is 0 Å². The molecule has 1 aliphatic heterocycles. The van der Waals surface area contributed by atoms with Gasteiger partial charge in [-0.3, -0.25) is 4.85 Å². The van der Waals surface area contributed by atoms with Crippen LogP contribution in [0.3, 0.4) is 0 Å². The van der Waals surface area contributed by atoms with Crippen LogP contribution >= 0.6 is 0 Å². The fraction of sp³-hybridized carbons (Fsp3) is 0.167. The molecule has 0 aromatic carbocycles. The molecule has 0 aromatic rings. The summed E-state index contributed by atoms with van der Waals surface area (Å²) in [6.07, 6.45) is 2.95. The van der Waals surface area contributed by atoms with Crippen molar-refractivity contribution in [3.8, 4) is 0 Å². The first-order valence-corrected chi connectivity index (χ1v) is 2.30. The third-order valence-corrected chi connectivity index (χ3v) is 0.930. The maximum atomic E-state index is 6.56. The minimum absolute atomic E-state index is 0. The molecule has 44 valence electrons. The Balaban J connectivity index is 0.000000810. The second-order valence-corrected chi connectivity index (χ2v) is 1.44. The third-order valence-electron chi connectivity index (χ3n) is 0.930. The van der Waals surface area contributed by atoms with Gasteiger partial charge in [0, 0.05) is 0 Å². The number of rotatable bonds is 0. The fourth-order valence-electron chi connectivity index (χ4n) is 0.512. The molecule has 0 aromatic heterocycles. The van der Waals surface area contributed by atoms with Crippen LogP contribution in [-0.2, 0) is 0 Å². The average Bonchev–Trinajstić information content (AvgIpc) is 2.33. The Bertz CT molecular complexity index is 264. The Labute approximate surface area is 53.0 Å². The van der Waals surface area contributed by atoms with E-state index in [1.54, 1.807) is 0 Å². The molecule has 1 rings (SSSR count). The number of nitrogens with zero attached hydrogens (tertiary/aromatic N) is 3. The summed E-state index contributed by atoms with van der Waals surface area (Å²) in [6, 6.07) is 0. The van der Waals surface area contributed by atoms with Crippen molar-refractivity contribution in [2.75, 3.05) is 0 Å². The van der Waals surface area contributed by atoms with E-state index >= 15 is 0 Å². The molecule has 0 amide bonds. The molecule has 0 unspecified atom stereocenters. The van der Waals surface area contributed by atoms with Crippen LogP contribution in [0.25, 0.3) is 9.69 Å². The van der Waals surface area contributed by atoms with E-state index in [2.05, 4.69) is 20.9 Å². The average molecular weight is 383 g/mol. The number of allylic oxidation sites excluding steroid dienone is 1. The normalized spacial score (nSPS) is 13.8. The van der Waals surface area contributed by atoms with E-state index in [9.17, 15) is 0 Å². The zero-order valence-electron chi connectivity index (χ0n) is 5.26. The van der Waals surface area contributed by atoms with Gasteiger partial charge in [0.1, 0.15) is 0 Å². The number of hydrogen-bond donors (Lipinski definition) is 0. The van der Waals surface area contributed by atoms with Gasteiger partial charge in [0.25, 0.3) is 0 Å². The van der Waals surface area contributed by atoms with Gasteiger partial charge in [-0.2, -0.15) is 0 Å². The Hall–Kier alpha value is -2.61. The summed E-state index contributed by atoms with van der Waals surface area (Å²) in [5, 5.41) is 0. The van der Waals surface area contributed by atoms with E-state index in [0.717, 1.165) is 0 Å². The molecule has 0 saturated heterocycles. The molecule has 10 heavy (non-hydrogen) atoms. The second kappa shape index (κ2) is 2.64. The van der Waals surface area contributed by atoms with Gasteiger partial charge in [-0.15, -0.1) is 0 Å². The van der Waals surface area contributed by atoms with Crippen molar-refractivity contribution < 1.29 is 0 Å². The van der Waals surface area contributed by atoms with Crippen LogP contribution in [-0.4, -0.2) is 6.21 Å². The minimum atomic E-state index is 0. The van der Waals surface area contributed by atoms with Crippen LogP contribution in [0.4, 0.5) is 0 Å². The van der Waals surface area contributed by atoms with Crippen molar-refractivity contribution in [1.82, 2.24) is 0 Å². The molecule has 0 spiro atoms. The number of hydrogen-bond acceptors (Lipinski definition) is 1. The zero-order chi connectivity index (χ0) is 6.69. The summed E-state index contributed by atoms with van der Waals surface area (Å²) >= 11 is 0. The van der Waals surface area contributed by atoms with E-state index in [1.165, 1.54) is 0 Å². The predicted octanol–water partition coefficient (Wildman–Crippen LogP) is 1.35. The van der Waals surface area contributed by atoms with Crippen LogP contribution in [0.15, 0.2) is 16.5 Å². The van der Waals surface area contributed by atoms with Gasteiger partial charge in [0.15, 0.2) is 5.70 Å². The molecule has 0 N–H and O–H groups in total. The minimum Gasteiger partial charge on any atom is -0.373 e. The van der Waals surface area contributed by atoms with Crippen molar-refractivity contribution in [3.05, 3.63) is 34.4 Å². The van der Waals surface area contributed by atoms with E-state index in [4.69, 9.17) is 13.1 Å². The molecular formula is C6H2N3Rf-. The van der Waals surface area contributed by atoms with Crippen molar-refractivity contribution in [2.24, 2.45) is 4.99 Å². The van der Waals surface area contributed by atoms with E-state index < -0.39 is 0 Å². The van der Waals surface area contributed by atoms with Crippen molar-refractivity contribution >= 4 is 6.21 Å². The first kappa shape index (κ1) is 7.39. The van der Waals surface area contributed by atoms with Crippen LogP contribution in [0.5, 0.6) is 0 Å². The fourth-order valence-corrected chi connectivity index (χ4v) is 0.512. The van der Waals surface area contributed by atoms with Gasteiger partial charge in [-0.05, 0) is 12.6 Å². The van der Waals surface area contributed by atoms with Gasteiger partial charge in [0.2, 0.25) is 5.82 Å². The predicted molar refractivity (Wildman–Crippen MR) is 32.3 cm³/mol. The van der Waals surface area contributed by atoms with Gasteiger partial charge in [-0.1, -0.05) is 6.57 Å². The molecular weight excluding hydrogens is 381 g/mol. The maximum absolute atomic E-state index is 6.56. The molecule has 1 heterocycles. The zero-order valence-corrected chi connectivity index (χ0v) is 11.7. The molecule has 0 saturated carbocycles. The van der Waals surface area contributed by atoms with Gasteiger partial charge < -0.3 is 4.85 Å². The van der Waals surface area contributed by atoms with Crippen molar-refractivity contribution in [3.63, 3.8) is 0 Å². The molecule has 0 fully saturated rings. The van der Waals surface area contributed by atoms with Crippen LogP contribution in [0.2, 0.25) is 0 Å². The molecule has 1 aliphatic rings. The summed E-state index contributed by atoms with van der Waals surface area (Å²) in [5.41, 5.74) is 0.407. The quantitative estimate of drug-likeness (QED) is 0.564. The standard InChI is InChI=1S/C6H2N3.Rf/c1-7-5-3-4-9-6(5)8-2;/h3H2;/q-1;. The summed E-state index contributed by atoms with van der Waals surface area (Å²) in [5.74, 6) is 0.199. The van der Waals surface area contributed by atoms with Crippen LogP contribution in [0, 0.1) is 13.1 Å². The largest absolute Gasteiger partial charge is 0.373 e. The smallest absolute Gasteiger partial charge is 0.249 e. The SMILES string of the molecule is [C-]#[N+]C1=C([N+]#[C-])N=[C-]C1.[Rf]. The van der Waals surface area contributed by atoms with Crippen LogP contribution in [0.1, 0.15) is 6.42 Å². The summed E-state index contributed by atoms with van der Waals surface area (Å²) in [4.78, 5) is 9.69. The Morgan fingerprint density at radius 1 is 1.40 bits per heavy atom. The van der Waals surface area contributed by atoms with Gasteiger partial charge in [-0.25, -0.2) is 4.99 Å². The summed E-state index contributed by atoms with van der Waals surface area (Å²) in [6.45, 7) is 13.1. The van der Waals surface area contributed by atoms with E-state index in [0.29, 0.717) is 12.1 Å². The first-order chi connectivity index (χ1) is 4.38. The van der Waals surface area contributed by atoms with Gasteiger partial charge in [0.05, 0.1) is 6.57 Å². The Morgan fingerprint density at radius 2 is 2.10 bits per heavy atom. The molecule has 0 aliphatic carbocycles. The molecule has 0 bridgehead atoms. The summed E-state index contributed by atoms with van der Waals surface area (Å²) in [7, 11) is 0. The molecule has 4 heteroatoms. The monoisotopic (exact) mass is 383 g/mol. The topological polar surface area (TPSA) is 21.1 Å². The third kappa shape index (κ3) is 0.801. The molecule has 0 atom stereocenters. The molecule has 0 radical (unpaired) electrons. The van der Waals surface area contributed by atoms with Gasteiger partial charge >= 0.3 is 0 Å². The van der Waals surface area contributed by atoms with Crippen molar-refractivity contribution in [2.45, 2.75) is 6.42 Å². The second-order valence-electron chi connectivity index (χ2n) is 1.44. The van der Waals surface area contributed by atoms with Crippen LogP contribution < -0.4 is 0 Å². The maximum Gasteiger partial charge on any atom is 0.249 e. The first-order valence-electron chi connectivity index (χ1n) is 2.30. The molecule has 3 nitrogen and oxygen atoms in total. The Morgan fingerprint density at radius 3 is 2.50 bits per heavy atom. The Kier molecular flexibility index (Phi) is 1.95. The van der Waals surface area contributed by atoms with E-state index in [-0.39, 0.29) is 5.82 Å². The summed E-state index contributed by atoms with van der Waals surface area (Å²) < 4.78 is 0. The number of aliphatic imine (C=N–C) groups is 1.